The number of sulfonamides is 1. The Labute approximate surface area is 119 Å². The minimum atomic E-state index is -3.32. The van der Waals surface area contributed by atoms with Crippen molar-refractivity contribution in [3.05, 3.63) is 36.9 Å². The molecule has 0 heterocycles. The zero-order valence-corrected chi connectivity index (χ0v) is 12.3. The van der Waals surface area contributed by atoms with Gasteiger partial charge in [-0.15, -0.1) is 6.58 Å². The highest BCUT2D eigenvalue weighted by molar-refractivity contribution is 7.92. The molecule has 0 fully saturated rings. The molecule has 0 aliphatic heterocycles. The van der Waals surface area contributed by atoms with Crippen LogP contribution in [0.25, 0.3) is 0 Å². The summed E-state index contributed by atoms with van der Waals surface area (Å²) in [6.07, 6.45) is 2.68. The van der Waals surface area contributed by atoms with Crippen molar-refractivity contribution in [1.82, 2.24) is 5.32 Å². The highest BCUT2D eigenvalue weighted by Crippen LogP contribution is 2.16. The van der Waals surface area contributed by atoms with Crippen molar-refractivity contribution in [2.45, 2.75) is 13.0 Å². The summed E-state index contributed by atoms with van der Waals surface area (Å²) in [7, 11) is -3.32. The average Bonchev–Trinajstić information content (AvgIpc) is 2.34. The second kappa shape index (κ2) is 6.95. The molecule has 1 amide bonds. The second-order valence-corrected chi connectivity index (χ2v) is 6.10. The van der Waals surface area contributed by atoms with Gasteiger partial charge in [-0.3, -0.25) is 9.52 Å². The predicted octanol–water partition coefficient (Wildman–Crippen LogP) is 1.16. The molecule has 1 aromatic rings. The van der Waals surface area contributed by atoms with Crippen molar-refractivity contribution < 1.29 is 13.2 Å². The van der Waals surface area contributed by atoms with Crippen LogP contribution in [0.4, 0.5) is 11.4 Å². The maximum atomic E-state index is 11.7. The van der Waals surface area contributed by atoms with Gasteiger partial charge in [0.05, 0.1) is 11.9 Å². The van der Waals surface area contributed by atoms with E-state index in [1.54, 1.807) is 37.3 Å². The van der Waals surface area contributed by atoms with Crippen LogP contribution < -0.4 is 15.4 Å². The summed E-state index contributed by atoms with van der Waals surface area (Å²) in [6, 6.07) is 6.27. The fourth-order valence-electron chi connectivity index (χ4n) is 1.53. The zero-order valence-electron chi connectivity index (χ0n) is 11.5. The van der Waals surface area contributed by atoms with E-state index in [1.165, 1.54) is 0 Å². The van der Waals surface area contributed by atoms with Gasteiger partial charge in [0, 0.05) is 12.2 Å². The van der Waals surface area contributed by atoms with Crippen molar-refractivity contribution in [1.29, 1.82) is 0 Å². The number of anilines is 2. The van der Waals surface area contributed by atoms with Gasteiger partial charge in [-0.2, -0.15) is 0 Å². The van der Waals surface area contributed by atoms with Crippen molar-refractivity contribution in [2.75, 3.05) is 22.8 Å². The lowest BCUT2D eigenvalue weighted by atomic mass is 10.2. The van der Waals surface area contributed by atoms with E-state index in [0.717, 1.165) is 6.26 Å². The van der Waals surface area contributed by atoms with E-state index in [9.17, 15) is 13.2 Å². The highest BCUT2D eigenvalue weighted by atomic mass is 32.2. The molecule has 6 nitrogen and oxygen atoms in total. The molecular weight excluding hydrogens is 278 g/mol. The molecule has 0 unspecified atom stereocenters. The Balaban J connectivity index is 2.70. The van der Waals surface area contributed by atoms with E-state index < -0.39 is 16.1 Å². The Morgan fingerprint density at radius 2 is 2.05 bits per heavy atom. The highest BCUT2D eigenvalue weighted by Gasteiger charge is 2.11. The molecule has 0 saturated heterocycles. The van der Waals surface area contributed by atoms with E-state index in [-0.39, 0.29) is 5.91 Å². The number of hydrogen-bond donors (Lipinski definition) is 3. The lowest BCUT2D eigenvalue weighted by Gasteiger charge is -2.15. The Morgan fingerprint density at radius 1 is 1.40 bits per heavy atom. The van der Waals surface area contributed by atoms with Gasteiger partial charge in [0.1, 0.15) is 6.04 Å². The van der Waals surface area contributed by atoms with Crippen molar-refractivity contribution in [3.8, 4) is 0 Å². The lowest BCUT2D eigenvalue weighted by molar-refractivity contribution is -0.121. The number of carbonyl (C=O) groups excluding carboxylic acids is 1. The van der Waals surface area contributed by atoms with Gasteiger partial charge in [-0.1, -0.05) is 12.1 Å². The Kier molecular flexibility index (Phi) is 5.57. The van der Waals surface area contributed by atoms with Crippen LogP contribution >= 0.6 is 0 Å². The molecule has 1 aromatic carbocycles. The molecule has 0 bridgehead atoms. The van der Waals surface area contributed by atoms with E-state index in [4.69, 9.17) is 0 Å². The molecule has 110 valence electrons. The third-order valence-electron chi connectivity index (χ3n) is 2.36. The number of nitrogens with one attached hydrogen (secondary N) is 3. The Hall–Kier alpha value is -2.02. The van der Waals surface area contributed by atoms with Crippen LogP contribution in [0.1, 0.15) is 6.92 Å². The quantitative estimate of drug-likeness (QED) is 0.659. The summed E-state index contributed by atoms with van der Waals surface area (Å²) in [5, 5.41) is 5.67. The molecule has 20 heavy (non-hydrogen) atoms. The maximum absolute atomic E-state index is 11.7. The van der Waals surface area contributed by atoms with Crippen molar-refractivity contribution in [3.63, 3.8) is 0 Å². The molecule has 0 aliphatic rings. The number of amides is 1. The van der Waals surface area contributed by atoms with Crippen LogP contribution in [0.3, 0.4) is 0 Å². The largest absolute Gasteiger partial charge is 0.374 e. The zero-order chi connectivity index (χ0) is 15.2. The minimum absolute atomic E-state index is 0.161. The molecule has 3 N–H and O–H groups in total. The summed E-state index contributed by atoms with van der Waals surface area (Å²) in [5.41, 5.74) is 1.09. The Morgan fingerprint density at radius 3 is 2.65 bits per heavy atom. The molecular formula is C13H19N3O3S. The van der Waals surface area contributed by atoms with Gasteiger partial charge in [-0.25, -0.2) is 8.42 Å². The van der Waals surface area contributed by atoms with Crippen LogP contribution in [0.15, 0.2) is 36.9 Å². The standard InChI is InChI=1S/C13H19N3O3S/c1-4-8-14-13(17)10(2)15-11-6-5-7-12(9-11)16-20(3,18)19/h4-7,9-10,15-16H,1,8H2,2-3H3,(H,14,17)/t10-/m0/s1. The summed E-state index contributed by atoms with van der Waals surface area (Å²) >= 11 is 0. The second-order valence-electron chi connectivity index (χ2n) is 4.35. The van der Waals surface area contributed by atoms with Gasteiger partial charge >= 0.3 is 0 Å². The van der Waals surface area contributed by atoms with Gasteiger partial charge < -0.3 is 10.6 Å². The first-order valence-corrected chi connectivity index (χ1v) is 7.94. The van der Waals surface area contributed by atoms with E-state index in [2.05, 4.69) is 21.9 Å². The minimum Gasteiger partial charge on any atom is -0.374 e. The van der Waals surface area contributed by atoms with Crippen LogP contribution in [0.5, 0.6) is 0 Å². The first kappa shape index (κ1) is 16.0. The molecule has 0 aromatic heterocycles. The monoisotopic (exact) mass is 297 g/mol. The van der Waals surface area contributed by atoms with Crippen LogP contribution in [0, 0.1) is 0 Å². The van der Waals surface area contributed by atoms with Crippen LogP contribution in [-0.2, 0) is 14.8 Å². The fourth-order valence-corrected chi connectivity index (χ4v) is 2.08. The first-order valence-electron chi connectivity index (χ1n) is 6.05. The number of rotatable bonds is 7. The normalized spacial score (nSPS) is 12.3. The van der Waals surface area contributed by atoms with Crippen LogP contribution in [-0.4, -0.2) is 33.2 Å². The van der Waals surface area contributed by atoms with E-state index in [0.29, 0.717) is 17.9 Å². The predicted molar refractivity (Wildman–Crippen MR) is 81.2 cm³/mol. The number of carbonyl (C=O) groups is 1. The molecule has 1 rings (SSSR count). The molecule has 7 heteroatoms. The van der Waals surface area contributed by atoms with Gasteiger partial charge in [0.2, 0.25) is 15.9 Å². The average molecular weight is 297 g/mol. The SMILES string of the molecule is C=CCNC(=O)[C@H](C)Nc1cccc(NS(C)(=O)=O)c1. The lowest BCUT2D eigenvalue weighted by Crippen LogP contribution is -2.37. The summed E-state index contributed by atoms with van der Waals surface area (Å²) in [5.74, 6) is -0.161. The number of hydrogen-bond acceptors (Lipinski definition) is 4. The topological polar surface area (TPSA) is 87.3 Å². The van der Waals surface area contributed by atoms with E-state index in [1.807, 2.05) is 0 Å². The molecule has 0 spiro atoms. The summed E-state index contributed by atoms with van der Waals surface area (Å²) < 4.78 is 24.7. The van der Waals surface area contributed by atoms with Gasteiger partial charge in [0.15, 0.2) is 0 Å². The third-order valence-corrected chi connectivity index (χ3v) is 2.97. The smallest absolute Gasteiger partial charge is 0.242 e. The van der Waals surface area contributed by atoms with Crippen LogP contribution in [0.2, 0.25) is 0 Å². The molecule has 0 saturated carbocycles. The first-order chi connectivity index (χ1) is 9.31. The summed E-state index contributed by atoms with van der Waals surface area (Å²) in [6.45, 7) is 5.64. The number of benzene rings is 1. The van der Waals surface area contributed by atoms with Crippen molar-refractivity contribution in [2.24, 2.45) is 0 Å². The fraction of sp³-hybridized carbons (Fsp3) is 0.308. The third kappa shape index (κ3) is 5.75. The Bertz CT molecular complexity index is 584. The molecule has 0 aliphatic carbocycles. The van der Waals surface area contributed by atoms with E-state index >= 15 is 0 Å². The maximum Gasteiger partial charge on any atom is 0.242 e. The summed E-state index contributed by atoms with van der Waals surface area (Å²) in [4.78, 5) is 11.7. The van der Waals surface area contributed by atoms with Crippen molar-refractivity contribution >= 4 is 27.3 Å². The van der Waals surface area contributed by atoms with Gasteiger partial charge in [-0.05, 0) is 25.1 Å². The molecule has 1 atom stereocenters. The van der Waals surface area contributed by atoms with Gasteiger partial charge in [0.25, 0.3) is 0 Å². The molecule has 0 radical (unpaired) electrons.